The highest BCUT2D eigenvalue weighted by atomic mass is 16.2. The van der Waals surface area contributed by atoms with E-state index in [9.17, 15) is 4.79 Å². The Kier molecular flexibility index (Phi) is 4.58. The van der Waals surface area contributed by atoms with Crippen molar-refractivity contribution in [3.63, 3.8) is 0 Å². The molecule has 0 spiro atoms. The van der Waals surface area contributed by atoms with Crippen LogP contribution in [0, 0.1) is 29.6 Å². The molecule has 120 valence electrons. The van der Waals surface area contributed by atoms with Gasteiger partial charge in [-0.25, -0.2) is 0 Å². The molecule has 6 unspecified atom stereocenters. The molecule has 0 aromatic heterocycles. The minimum atomic E-state index is 0.0169. The molecule has 0 aromatic carbocycles. The van der Waals surface area contributed by atoms with Crippen molar-refractivity contribution in [1.82, 2.24) is 10.2 Å². The minimum Gasteiger partial charge on any atom is -0.341 e. The summed E-state index contributed by atoms with van der Waals surface area (Å²) in [7, 11) is 1.94. The molecule has 1 N–H and O–H groups in total. The molecule has 2 saturated carbocycles. The molecule has 6 atom stereocenters. The van der Waals surface area contributed by atoms with Crippen molar-refractivity contribution in [1.29, 1.82) is 0 Å². The molecule has 3 rings (SSSR count). The molecular weight excluding hydrogens is 260 g/mol. The van der Waals surface area contributed by atoms with Gasteiger partial charge >= 0.3 is 0 Å². The summed E-state index contributed by atoms with van der Waals surface area (Å²) in [6, 6.07) is 0.0169. The minimum absolute atomic E-state index is 0.0169. The summed E-state index contributed by atoms with van der Waals surface area (Å²) in [6.45, 7) is 6.53. The van der Waals surface area contributed by atoms with Gasteiger partial charge in [0.15, 0.2) is 0 Å². The standard InChI is InChI=1S/C18H32N2O/c1-12-7-8-20(18(21)17(19-3)13(12)2)11-16-10-14-5-4-6-15(16)9-14/h12-17,19H,4-11H2,1-3H3. The lowest BCUT2D eigenvalue weighted by molar-refractivity contribution is -0.134. The first-order valence-corrected chi connectivity index (χ1v) is 9.06. The van der Waals surface area contributed by atoms with Crippen LogP contribution in [0.4, 0.5) is 0 Å². The van der Waals surface area contributed by atoms with E-state index in [2.05, 4.69) is 24.1 Å². The fraction of sp³-hybridized carbons (Fsp3) is 0.944. The van der Waals surface area contributed by atoms with E-state index in [0.717, 1.165) is 37.3 Å². The summed E-state index contributed by atoms with van der Waals surface area (Å²) in [5.41, 5.74) is 0. The Labute approximate surface area is 129 Å². The van der Waals surface area contributed by atoms with Gasteiger partial charge in [0.05, 0.1) is 6.04 Å². The predicted molar refractivity (Wildman–Crippen MR) is 85.9 cm³/mol. The SMILES string of the molecule is CNC1C(=O)N(CC2CC3CCCC2C3)CCC(C)C1C. The zero-order chi connectivity index (χ0) is 15.0. The largest absolute Gasteiger partial charge is 0.341 e. The summed E-state index contributed by atoms with van der Waals surface area (Å²) in [5.74, 6) is 4.07. The maximum atomic E-state index is 12.9. The average molecular weight is 292 g/mol. The summed E-state index contributed by atoms with van der Waals surface area (Å²) in [5, 5.41) is 3.28. The quantitative estimate of drug-likeness (QED) is 0.867. The van der Waals surface area contributed by atoms with Crippen molar-refractivity contribution in [2.45, 2.75) is 58.4 Å². The van der Waals surface area contributed by atoms with E-state index in [0.29, 0.717) is 17.7 Å². The summed E-state index contributed by atoms with van der Waals surface area (Å²) in [4.78, 5) is 15.1. The fourth-order valence-corrected chi connectivity index (χ4v) is 5.15. The number of carbonyl (C=O) groups is 1. The lowest BCUT2D eigenvalue weighted by atomic mass is 9.87. The molecule has 21 heavy (non-hydrogen) atoms. The molecule has 1 aliphatic heterocycles. The number of likely N-dealkylation sites (tertiary alicyclic amines) is 1. The molecule has 3 aliphatic rings. The van der Waals surface area contributed by atoms with Gasteiger partial charge in [-0.3, -0.25) is 4.79 Å². The van der Waals surface area contributed by atoms with Crippen molar-refractivity contribution < 1.29 is 4.79 Å². The third-order valence-corrected chi connectivity index (χ3v) is 6.75. The van der Waals surface area contributed by atoms with E-state index in [1.165, 1.54) is 32.1 Å². The zero-order valence-corrected chi connectivity index (χ0v) is 14.0. The molecule has 0 radical (unpaired) electrons. The van der Waals surface area contributed by atoms with Crippen LogP contribution in [0.15, 0.2) is 0 Å². The summed E-state index contributed by atoms with van der Waals surface area (Å²) in [6.07, 6.45) is 8.25. The molecule has 3 fully saturated rings. The molecule has 1 heterocycles. The van der Waals surface area contributed by atoms with E-state index in [4.69, 9.17) is 0 Å². The first-order valence-electron chi connectivity index (χ1n) is 9.06. The molecule has 3 nitrogen and oxygen atoms in total. The Hall–Kier alpha value is -0.570. The van der Waals surface area contributed by atoms with E-state index in [1.54, 1.807) is 0 Å². The molecule has 2 aliphatic carbocycles. The zero-order valence-electron chi connectivity index (χ0n) is 14.0. The normalized spacial score (nSPS) is 44.0. The van der Waals surface area contributed by atoms with E-state index >= 15 is 0 Å². The van der Waals surface area contributed by atoms with Crippen LogP contribution in [0.3, 0.4) is 0 Å². The molecule has 1 amide bonds. The molecular formula is C18H32N2O. The van der Waals surface area contributed by atoms with Crippen LogP contribution >= 0.6 is 0 Å². The van der Waals surface area contributed by atoms with Crippen molar-refractivity contribution in [3.8, 4) is 0 Å². The number of likely N-dealkylation sites (N-methyl/N-ethyl adjacent to an activating group) is 1. The fourth-order valence-electron chi connectivity index (χ4n) is 5.15. The number of rotatable bonds is 3. The van der Waals surface area contributed by atoms with Gasteiger partial charge in [-0.05, 0) is 55.9 Å². The van der Waals surface area contributed by atoms with Gasteiger partial charge in [-0.2, -0.15) is 0 Å². The lowest BCUT2D eigenvalue weighted by Crippen LogP contribution is -2.48. The maximum absolute atomic E-state index is 12.9. The van der Waals surface area contributed by atoms with Crippen LogP contribution in [-0.2, 0) is 4.79 Å². The predicted octanol–water partition coefficient (Wildman–Crippen LogP) is 2.91. The Morgan fingerprint density at radius 1 is 1.19 bits per heavy atom. The number of carbonyl (C=O) groups excluding carboxylic acids is 1. The van der Waals surface area contributed by atoms with Crippen molar-refractivity contribution >= 4 is 5.91 Å². The summed E-state index contributed by atoms with van der Waals surface area (Å²) < 4.78 is 0. The van der Waals surface area contributed by atoms with Crippen molar-refractivity contribution in [2.24, 2.45) is 29.6 Å². The van der Waals surface area contributed by atoms with Crippen LogP contribution in [0.1, 0.15) is 52.4 Å². The van der Waals surface area contributed by atoms with Gasteiger partial charge in [0.1, 0.15) is 0 Å². The second-order valence-electron chi connectivity index (χ2n) is 7.96. The first-order chi connectivity index (χ1) is 10.1. The van der Waals surface area contributed by atoms with Gasteiger partial charge in [0.2, 0.25) is 5.91 Å². The Morgan fingerprint density at radius 3 is 2.71 bits per heavy atom. The van der Waals surface area contributed by atoms with Gasteiger partial charge in [0, 0.05) is 13.1 Å². The number of hydrogen-bond acceptors (Lipinski definition) is 2. The smallest absolute Gasteiger partial charge is 0.239 e. The van der Waals surface area contributed by atoms with E-state index in [-0.39, 0.29) is 6.04 Å². The number of hydrogen-bond donors (Lipinski definition) is 1. The molecule has 2 bridgehead atoms. The molecule has 3 heteroatoms. The van der Waals surface area contributed by atoms with Gasteiger partial charge in [-0.1, -0.05) is 33.1 Å². The van der Waals surface area contributed by atoms with Crippen molar-refractivity contribution in [3.05, 3.63) is 0 Å². The van der Waals surface area contributed by atoms with Crippen molar-refractivity contribution in [2.75, 3.05) is 20.1 Å². The number of amides is 1. The first kappa shape index (κ1) is 15.3. The topological polar surface area (TPSA) is 32.3 Å². The van der Waals surface area contributed by atoms with Gasteiger partial charge in [-0.15, -0.1) is 0 Å². The van der Waals surface area contributed by atoms with E-state index in [1.807, 2.05) is 7.05 Å². The van der Waals surface area contributed by atoms with Crippen LogP contribution < -0.4 is 5.32 Å². The highest BCUT2D eigenvalue weighted by molar-refractivity contribution is 5.82. The summed E-state index contributed by atoms with van der Waals surface area (Å²) >= 11 is 0. The average Bonchev–Trinajstić information content (AvgIpc) is 2.71. The lowest BCUT2D eigenvalue weighted by Gasteiger charge is -2.30. The maximum Gasteiger partial charge on any atom is 0.239 e. The number of nitrogens with one attached hydrogen (secondary N) is 1. The van der Waals surface area contributed by atoms with Crippen LogP contribution in [0.25, 0.3) is 0 Å². The second-order valence-corrected chi connectivity index (χ2v) is 7.96. The van der Waals surface area contributed by atoms with Crippen LogP contribution in [0.5, 0.6) is 0 Å². The van der Waals surface area contributed by atoms with Gasteiger partial charge < -0.3 is 10.2 Å². The van der Waals surface area contributed by atoms with Crippen LogP contribution in [0.2, 0.25) is 0 Å². The second kappa shape index (κ2) is 6.28. The van der Waals surface area contributed by atoms with Crippen LogP contribution in [-0.4, -0.2) is 37.0 Å². The number of fused-ring (bicyclic) bond motifs is 2. The van der Waals surface area contributed by atoms with E-state index < -0.39 is 0 Å². The van der Waals surface area contributed by atoms with Gasteiger partial charge in [0.25, 0.3) is 0 Å². The highest BCUT2D eigenvalue weighted by Crippen LogP contribution is 2.46. The Morgan fingerprint density at radius 2 is 2.00 bits per heavy atom. The molecule has 0 aromatic rings. The third kappa shape index (κ3) is 2.99. The Bertz CT molecular complexity index is 383. The number of nitrogens with zero attached hydrogens (tertiary/aromatic N) is 1. The highest BCUT2D eigenvalue weighted by Gasteiger charge is 2.40. The Balaban J connectivity index is 1.68. The monoisotopic (exact) mass is 292 g/mol. The molecule has 1 saturated heterocycles. The third-order valence-electron chi connectivity index (χ3n) is 6.75.